The summed E-state index contributed by atoms with van der Waals surface area (Å²) in [5.41, 5.74) is 3.43. The van der Waals surface area contributed by atoms with Gasteiger partial charge in [-0.3, -0.25) is 0 Å². The highest BCUT2D eigenvalue weighted by Gasteiger charge is 2.13. The van der Waals surface area contributed by atoms with E-state index in [0.717, 1.165) is 17.5 Å². The van der Waals surface area contributed by atoms with Gasteiger partial charge >= 0.3 is 5.97 Å². The van der Waals surface area contributed by atoms with Crippen molar-refractivity contribution in [3.05, 3.63) is 64.7 Å². The fourth-order valence-corrected chi connectivity index (χ4v) is 2.66. The Balaban J connectivity index is 2.28. The van der Waals surface area contributed by atoms with Gasteiger partial charge in [0.1, 0.15) is 0 Å². The highest BCUT2D eigenvalue weighted by molar-refractivity contribution is 6.30. The van der Waals surface area contributed by atoms with E-state index in [1.54, 1.807) is 18.2 Å². The number of carboxylic acids is 1. The molecule has 0 aliphatic heterocycles. The van der Waals surface area contributed by atoms with Crippen LogP contribution >= 0.6 is 11.6 Å². The first-order valence-electron chi connectivity index (χ1n) is 7.01. The van der Waals surface area contributed by atoms with E-state index in [-0.39, 0.29) is 5.56 Å². The SMILES string of the molecule is CCc1ccc2nc(-c3cccc(Cl)c3)cc(C(=O)O)c2c1. The Kier molecular flexibility index (Phi) is 3.82. The Morgan fingerprint density at radius 2 is 2.00 bits per heavy atom. The first kappa shape index (κ1) is 14.5. The number of hydrogen-bond acceptors (Lipinski definition) is 2. The van der Waals surface area contributed by atoms with Gasteiger partial charge in [-0.1, -0.05) is 36.7 Å². The summed E-state index contributed by atoms with van der Waals surface area (Å²) in [5, 5.41) is 10.8. The number of hydrogen-bond donors (Lipinski definition) is 1. The van der Waals surface area contributed by atoms with Crippen molar-refractivity contribution in [3.63, 3.8) is 0 Å². The summed E-state index contributed by atoms with van der Waals surface area (Å²) >= 11 is 6.01. The molecule has 2 aromatic carbocycles. The zero-order valence-corrected chi connectivity index (χ0v) is 12.8. The van der Waals surface area contributed by atoms with Gasteiger partial charge in [0, 0.05) is 16.0 Å². The van der Waals surface area contributed by atoms with Gasteiger partial charge < -0.3 is 5.11 Å². The van der Waals surface area contributed by atoms with Crippen LogP contribution in [-0.2, 0) is 6.42 Å². The number of aryl methyl sites for hydroxylation is 1. The van der Waals surface area contributed by atoms with E-state index >= 15 is 0 Å². The number of benzene rings is 2. The third-order valence-corrected chi connectivity index (χ3v) is 3.87. The molecule has 3 nitrogen and oxygen atoms in total. The average molecular weight is 312 g/mol. The van der Waals surface area contributed by atoms with Crippen molar-refractivity contribution >= 4 is 28.5 Å². The molecule has 0 saturated carbocycles. The van der Waals surface area contributed by atoms with Crippen molar-refractivity contribution in [2.45, 2.75) is 13.3 Å². The van der Waals surface area contributed by atoms with E-state index in [2.05, 4.69) is 4.98 Å². The summed E-state index contributed by atoms with van der Waals surface area (Å²) in [4.78, 5) is 16.2. The highest BCUT2D eigenvalue weighted by Crippen LogP contribution is 2.27. The molecule has 0 unspecified atom stereocenters. The molecule has 1 N–H and O–H groups in total. The molecule has 3 aromatic rings. The van der Waals surface area contributed by atoms with Gasteiger partial charge in [0.05, 0.1) is 16.8 Å². The molecule has 0 bridgehead atoms. The van der Waals surface area contributed by atoms with Crippen LogP contribution in [0.25, 0.3) is 22.2 Å². The van der Waals surface area contributed by atoms with Gasteiger partial charge in [0.25, 0.3) is 0 Å². The van der Waals surface area contributed by atoms with E-state index < -0.39 is 5.97 Å². The van der Waals surface area contributed by atoms with Crippen LogP contribution in [0.1, 0.15) is 22.8 Å². The maximum absolute atomic E-state index is 11.6. The average Bonchev–Trinajstić information content (AvgIpc) is 2.53. The van der Waals surface area contributed by atoms with Crippen molar-refractivity contribution in [1.82, 2.24) is 4.98 Å². The number of carbonyl (C=O) groups is 1. The Morgan fingerprint density at radius 3 is 2.68 bits per heavy atom. The molecule has 0 fully saturated rings. The molecule has 110 valence electrons. The fourth-order valence-electron chi connectivity index (χ4n) is 2.47. The second kappa shape index (κ2) is 5.78. The third kappa shape index (κ3) is 2.68. The largest absolute Gasteiger partial charge is 0.478 e. The summed E-state index contributed by atoms with van der Waals surface area (Å²) < 4.78 is 0. The molecule has 4 heteroatoms. The normalized spacial score (nSPS) is 10.8. The molecule has 22 heavy (non-hydrogen) atoms. The first-order valence-corrected chi connectivity index (χ1v) is 7.39. The van der Waals surface area contributed by atoms with Crippen LogP contribution in [-0.4, -0.2) is 16.1 Å². The lowest BCUT2D eigenvalue weighted by molar-refractivity contribution is 0.0699. The fraction of sp³-hybridized carbons (Fsp3) is 0.111. The standard InChI is InChI=1S/C18H14ClNO2/c1-2-11-6-7-16-14(8-11)15(18(21)22)10-17(20-16)12-4-3-5-13(19)9-12/h3-10H,2H2,1H3,(H,21,22). The number of aromatic nitrogens is 1. The van der Waals surface area contributed by atoms with Crippen LogP contribution in [0.5, 0.6) is 0 Å². The van der Waals surface area contributed by atoms with Gasteiger partial charge in [-0.15, -0.1) is 0 Å². The van der Waals surface area contributed by atoms with Gasteiger partial charge in [0.2, 0.25) is 0 Å². The number of fused-ring (bicyclic) bond motifs is 1. The Hall–Kier alpha value is -2.39. The van der Waals surface area contributed by atoms with Crippen molar-refractivity contribution in [2.75, 3.05) is 0 Å². The van der Waals surface area contributed by atoms with E-state index in [4.69, 9.17) is 11.6 Å². The molecule has 0 spiro atoms. The van der Waals surface area contributed by atoms with Crippen LogP contribution in [0.4, 0.5) is 0 Å². The van der Waals surface area contributed by atoms with Gasteiger partial charge in [-0.2, -0.15) is 0 Å². The number of halogens is 1. The molecular weight excluding hydrogens is 298 g/mol. The van der Waals surface area contributed by atoms with E-state index in [1.807, 2.05) is 37.3 Å². The maximum atomic E-state index is 11.6. The Bertz CT molecular complexity index is 874. The molecule has 0 aliphatic carbocycles. The topological polar surface area (TPSA) is 50.2 Å². The number of aromatic carboxylic acids is 1. The molecule has 0 amide bonds. The minimum absolute atomic E-state index is 0.260. The van der Waals surface area contributed by atoms with Gasteiger partial charge in [0.15, 0.2) is 0 Å². The summed E-state index contributed by atoms with van der Waals surface area (Å²) in [6, 6.07) is 14.6. The highest BCUT2D eigenvalue weighted by atomic mass is 35.5. The predicted molar refractivity (Wildman–Crippen MR) is 88.5 cm³/mol. The summed E-state index contributed by atoms with van der Waals surface area (Å²) in [6.07, 6.45) is 0.852. The number of nitrogens with zero attached hydrogens (tertiary/aromatic N) is 1. The van der Waals surface area contributed by atoms with Crippen molar-refractivity contribution in [1.29, 1.82) is 0 Å². The second-order valence-corrected chi connectivity index (χ2v) is 5.51. The van der Waals surface area contributed by atoms with Crippen LogP contribution in [0, 0.1) is 0 Å². The first-order chi connectivity index (χ1) is 10.6. The summed E-state index contributed by atoms with van der Waals surface area (Å²) in [5.74, 6) is -0.955. The second-order valence-electron chi connectivity index (χ2n) is 5.08. The summed E-state index contributed by atoms with van der Waals surface area (Å²) in [6.45, 7) is 2.04. The predicted octanol–water partition coefficient (Wildman–Crippen LogP) is 4.82. The number of pyridine rings is 1. The van der Waals surface area contributed by atoms with Crippen LogP contribution in [0.2, 0.25) is 5.02 Å². The van der Waals surface area contributed by atoms with Crippen LogP contribution in [0.15, 0.2) is 48.5 Å². The summed E-state index contributed by atoms with van der Waals surface area (Å²) in [7, 11) is 0. The quantitative estimate of drug-likeness (QED) is 0.754. The van der Waals surface area contributed by atoms with Crippen LogP contribution < -0.4 is 0 Å². The smallest absolute Gasteiger partial charge is 0.336 e. The Morgan fingerprint density at radius 1 is 1.18 bits per heavy atom. The lowest BCUT2D eigenvalue weighted by atomic mass is 10.0. The van der Waals surface area contributed by atoms with Crippen molar-refractivity contribution < 1.29 is 9.90 Å². The third-order valence-electron chi connectivity index (χ3n) is 3.63. The molecule has 3 rings (SSSR count). The molecule has 1 aromatic heterocycles. The molecule has 1 heterocycles. The Labute approximate surface area is 133 Å². The van der Waals surface area contributed by atoms with Gasteiger partial charge in [-0.05, 0) is 42.3 Å². The van der Waals surface area contributed by atoms with E-state index in [9.17, 15) is 9.90 Å². The van der Waals surface area contributed by atoms with Crippen LogP contribution in [0.3, 0.4) is 0 Å². The van der Waals surface area contributed by atoms with Gasteiger partial charge in [-0.25, -0.2) is 9.78 Å². The van der Waals surface area contributed by atoms with E-state index in [1.165, 1.54) is 0 Å². The number of rotatable bonds is 3. The minimum Gasteiger partial charge on any atom is -0.478 e. The molecule has 0 atom stereocenters. The van der Waals surface area contributed by atoms with E-state index in [0.29, 0.717) is 21.6 Å². The zero-order chi connectivity index (χ0) is 15.7. The molecular formula is C18H14ClNO2. The lowest BCUT2D eigenvalue weighted by Crippen LogP contribution is -2.01. The molecule has 0 aliphatic rings. The molecule has 0 saturated heterocycles. The van der Waals surface area contributed by atoms with Crippen molar-refractivity contribution in [3.8, 4) is 11.3 Å². The number of carboxylic acid groups (broad SMARTS) is 1. The lowest BCUT2D eigenvalue weighted by Gasteiger charge is -2.09. The monoisotopic (exact) mass is 311 g/mol. The van der Waals surface area contributed by atoms with Crippen molar-refractivity contribution in [2.24, 2.45) is 0 Å². The maximum Gasteiger partial charge on any atom is 0.336 e. The zero-order valence-electron chi connectivity index (χ0n) is 12.0. The minimum atomic E-state index is -0.955. The molecule has 0 radical (unpaired) electrons.